The summed E-state index contributed by atoms with van der Waals surface area (Å²) in [7, 11) is 1.89. The molecule has 106 valence electrons. The lowest BCUT2D eigenvalue weighted by molar-refractivity contribution is 0.981. The van der Waals surface area contributed by atoms with Crippen molar-refractivity contribution in [2.75, 3.05) is 5.73 Å². The van der Waals surface area contributed by atoms with Crippen LogP contribution < -0.4 is 5.73 Å². The number of nitrogens with zero attached hydrogens (tertiary/aromatic N) is 3. The number of nitrogen functional groups attached to an aromatic ring is 1. The first-order valence-electron chi connectivity index (χ1n) is 6.28. The number of aromatic nitrogens is 1. The van der Waals surface area contributed by atoms with Crippen molar-refractivity contribution in [1.82, 2.24) is 4.57 Å². The number of para-hydroxylation sites is 1. The molecule has 0 spiro atoms. The largest absolute Gasteiger partial charge is 0.383 e. The van der Waals surface area contributed by atoms with Crippen LogP contribution in [0.2, 0.25) is 10.0 Å². The van der Waals surface area contributed by atoms with Crippen LogP contribution in [-0.2, 0) is 7.05 Å². The Morgan fingerprint density at radius 2 is 1.76 bits per heavy atom. The minimum atomic E-state index is 0.377. The normalized spacial score (nSPS) is 11.6. The van der Waals surface area contributed by atoms with E-state index in [1.807, 2.05) is 35.9 Å². The molecule has 21 heavy (non-hydrogen) atoms. The van der Waals surface area contributed by atoms with Crippen LogP contribution in [0.25, 0.3) is 10.9 Å². The number of benzene rings is 2. The fourth-order valence-electron chi connectivity index (χ4n) is 2.17. The minimum Gasteiger partial charge on any atom is -0.383 e. The van der Waals surface area contributed by atoms with Crippen LogP contribution in [0.5, 0.6) is 0 Å². The van der Waals surface area contributed by atoms with Gasteiger partial charge in [0, 0.05) is 12.4 Å². The highest BCUT2D eigenvalue weighted by atomic mass is 35.5. The first-order valence-corrected chi connectivity index (χ1v) is 7.04. The molecule has 0 fully saturated rings. The Morgan fingerprint density at radius 1 is 1.00 bits per heavy atom. The highest BCUT2D eigenvalue weighted by Gasteiger charge is 2.12. The summed E-state index contributed by atoms with van der Waals surface area (Å²) in [4.78, 5) is 0. The van der Waals surface area contributed by atoms with Gasteiger partial charge in [-0.3, -0.25) is 0 Å². The molecule has 0 radical (unpaired) electrons. The molecule has 2 aromatic carbocycles. The van der Waals surface area contributed by atoms with Gasteiger partial charge in [0.15, 0.2) is 0 Å². The van der Waals surface area contributed by atoms with Crippen LogP contribution >= 0.6 is 23.2 Å². The van der Waals surface area contributed by atoms with Gasteiger partial charge in [0.2, 0.25) is 0 Å². The number of azo groups is 1. The first-order chi connectivity index (χ1) is 10.1. The van der Waals surface area contributed by atoms with E-state index in [4.69, 9.17) is 28.9 Å². The molecule has 0 aliphatic heterocycles. The summed E-state index contributed by atoms with van der Waals surface area (Å²) in [6.45, 7) is 0. The number of anilines is 1. The summed E-state index contributed by atoms with van der Waals surface area (Å²) in [5, 5.41) is 10.2. The maximum absolute atomic E-state index is 6.10. The van der Waals surface area contributed by atoms with Crippen molar-refractivity contribution < 1.29 is 0 Å². The van der Waals surface area contributed by atoms with Crippen molar-refractivity contribution >= 4 is 51.3 Å². The molecule has 0 aliphatic carbocycles. The molecule has 0 amide bonds. The van der Waals surface area contributed by atoms with Gasteiger partial charge in [0.05, 0.1) is 15.6 Å². The molecule has 1 heterocycles. The molecular formula is C15H12Cl2N4. The molecule has 0 saturated heterocycles. The van der Waals surface area contributed by atoms with E-state index < -0.39 is 0 Å². The fraction of sp³-hybridized carbons (Fsp3) is 0.0667. The monoisotopic (exact) mass is 318 g/mol. The Morgan fingerprint density at radius 3 is 2.57 bits per heavy atom. The predicted octanol–water partition coefficient (Wildman–Crippen LogP) is 5.48. The van der Waals surface area contributed by atoms with Gasteiger partial charge in [-0.15, -0.1) is 10.2 Å². The Labute approximate surface area is 131 Å². The van der Waals surface area contributed by atoms with E-state index in [9.17, 15) is 0 Å². The summed E-state index contributed by atoms with van der Waals surface area (Å²) < 4.78 is 1.88. The lowest BCUT2D eigenvalue weighted by atomic mass is 10.2. The Hall–Kier alpha value is -2.04. The van der Waals surface area contributed by atoms with Crippen molar-refractivity contribution in [2.45, 2.75) is 0 Å². The number of rotatable bonds is 2. The Balaban J connectivity index is 2.12. The second kappa shape index (κ2) is 5.39. The van der Waals surface area contributed by atoms with Gasteiger partial charge >= 0.3 is 0 Å². The minimum absolute atomic E-state index is 0.377. The second-order valence-electron chi connectivity index (χ2n) is 4.58. The summed E-state index contributed by atoms with van der Waals surface area (Å²) in [6.07, 6.45) is 0. The SMILES string of the molecule is Cn1c(N)c(N=Nc2cccc(Cl)c2Cl)c2ccccc21. The van der Waals surface area contributed by atoms with Crippen molar-refractivity contribution in [1.29, 1.82) is 0 Å². The van der Waals surface area contributed by atoms with Crippen LogP contribution in [-0.4, -0.2) is 4.57 Å². The average molecular weight is 319 g/mol. The van der Waals surface area contributed by atoms with E-state index in [-0.39, 0.29) is 0 Å². The number of halogens is 2. The Kier molecular flexibility index (Phi) is 3.57. The lowest BCUT2D eigenvalue weighted by Gasteiger charge is -1.99. The molecular weight excluding hydrogens is 307 g/mol. The van der Waals surface area contributed by atoms with Crippen LogP contribution in [0, 0.1) is 0 Å². The van der Waals surface area contributed by atoms with E-state index in [1.54, 1.807) is 18.2 Å². The summed E-state index contributed by atoms with van der Waals surface area (Å²) in [6, 6.07) is 13.1. The van der Waals surface area contributed by atoms with Crippen LogP contribution in [0.3, 0.4) is 0 Å². The molecule has 0 atom stereocenters. The standard InChI is InChI=1S/C15H12Cl2N4/c1-21-12-8-3-2-5-9(12)14(15(21)18)20-19-11-7-4-6-10(16)13(11)17/h2-8H,18H2,1H3. The zero-order valence-corrected chi connectivity index (χ0v) is 12.7. The zero-order chi connectivity index (χ0) is 15.0. The summed E-state index contributed by atoms with van der Waals surface area (Å²) in [5.41, 5.74) is 8.24. The van der Waals surface area contributed by atoms with E-state index in [1.165, 1.54) is 0 Å². The van der Waals surface area contributed by atoms with E-state index in [0.29, 0.717) is 27.2 Å². The van der Waals surface area contributed by atoms with E-state index in [2.05, 4.69) is 10.2 Å². The van der Waals surface area contributed by atoms with Crippen LogP contribution in [0.1, 0.15) is 0 Å². The van der Waals surface area contributed by atoms with Crippen molar-refractivity contribution in [2.24, 2.45) is 17.3 Å². The number of fused-ring (bicyclic) bond motifs is 1. The summed E-state index contributed by atoms with van der Waals surface area (Å²) in [5.74, 6) is 0.554. The van der Waals surface area contributed by atoms with E-state index in [0.717, 1.165) is 10.9 Å². The Bertz CT molecular complexity index is 852. The van der Waals surface area contributed by atoms with E-state index >= 15 is 0 Å². The predicted molar refractivity (Wildman–Crippen MR) is 88.0 cm³/mol. The topological polar surface area (TPSA) is 55.7 Å². The third kappa shape index (κ3) is 2.37. The number of aryl methyl sites for hydroxylation is 1. The first kappa shape index (κ1) is 13.9. The van der Waals surface area contributed by atoms with Gasteiger partial charge in [-0.05, 0) is 18.2 Å². The molecule has 0 unspecified atom stereocenters. The number of nitrogens with two attached hydrogens (primary N) is 1. The third-order valence-corrected chi connectivity index (χ3v) is 4.12. The third-order valence-electron chi connectivity index (χ3n) is 3.31. The van der Waals surface area contributed by atoms with Crippen molar-refractivity contribution in [3.05, 3.63) is 52.5 Å². The smallest absolute Gasteiger partial charge is 0.135 e. The summed E-state index contributed by atoms with van der Waals surface area (Å²) >= 11 is 12.1. The van der Waals surface area contributed by atoms with Crippen LogP contribution in [0.4, 0.5) is 17.2 Å². The molecule has 4 nitrogen and oxygen atoms in total. The van der Waals surface area contributed by atoms with Gasteiger partial charge < -0.3 is 10.3 Å². The quantitative estimate of drug-likeness (QED) is 0.624. The second-order valence-corrected chi connectivity index (χ2v) is 5.37. The molecule has 0 saturated carbocycles. The molecule has 0 bridgehead atoms. The zero-order valence-electron chi connectivity index (χ0n) is 11.2. The van der Waals surface area contributed by atoms with Crippen molar-refractivity contribution in [3.63, 3.8) is 0 Å². The average Bonchev–Trinajstić information content (AvgIpc) is 2.73. The number of hydrogen-bond acceptors (Lipinski definition) is 3. The molecule has 0 aliphatic rings. The van der Waals surface area contributed by atoms with Gasteiger partial charge in [-0.25, -0.2) is 0 Å². The highest BCUT2D eigenvalue weighted by Crippen LogP contribution is 2.37. The van der Waals surface area contributed by atoms with Gasteiger partial charge in [-0.1, -0.05) is 47.5 Å². The maximum Gasteiger partial charge on any atom is 0.135 e. The molecule has 3 aromatic rings. The molecule has 3 rings (SSSR count). The molecule has 1 aromatic heterocycles. The number of hydrogen-bond donors (Lipinski definition) is 1. The highest BCUT2D eigenvalue weighted by molar-refractivity contribution is 6.43. The molecule has 2 N–H and O–H groups in total. The maximum atomic E-state index is 6.10. The van der Waals surface area contributed by atoms with Crippen LogP contribution in [0.15, 0.2) is 52.7 Å². The fourth-order valence-corrected chi connectivity index (χ4v) is 2.50. The van der Waals surface area contributed by atoms with Gasteiger partial charge in [0.1, 0.15) is 17.2 Å². The lowest BCUT2D eigenvalue weighted by Crippen LogP contribution is -1.94. The van der Waals surface area contributed by atoms with Gasteiger partial charge in [0.25, 0.3) is 0 Å². The van der Waals surface area contributed by atoms with Crippen molar-refractivity contribution in [3.8, 4) is 0 Å². The molecule has 6 heteroatoms. The van der Waals surface area contributed by atoms with Gasteiger partial charge in [-0.2, -0.15) is 0 Å².